The van der Waals surface area contributed by atoms with Gasteiger partial charge in [0.05, 0.1) is 11.7 Å². The maximum absolute atomic E-state index is 13.0. The average molecular weight is 421 g/mol. The fourth-order valence-corrected chi connectivity index (χ4v) is 4.42. The molecule has 3 aromatic rings. The smallest absolute Gasteiger partial charge is 0.265 e. The third kappa shape index (κ3) is 4.39. The van der Waals surface area contributed by atoms with E-state index in [1.165, 1.54) is 10.5 Å². The van der Waals surface area contributed by atoms with Crippen LogP contribution in [0.3, 0.4) is 0 Å². The molecule has 0 aliphatic carbocycles. The van der Waals surface area contributed by atoms with Gasteiger partial charge in [-0.15, -0.1) is 11.3 Å². The molecule has 6 heteroatoms. The lowest BCUT2D eigenvalue weighted by molar-refractivity contribution is -0.125. The van der Waals surface area contributed by atoms with Crippen LogP contribution in [0.2, 0.25) is 0 Å². The van der Waals surface area contributed by atoms with Gasteiger partial charge >= 0.3 is 0 Å². The van der Waals surface area contributed by atoms with Crippen molar-refractivity contribution in [2.45, 2.75) is 25.8 Å². The maximum atomic E-state index is 13.0. The molecule has 0 radical (unpaired) electrons. The number of aryl methyl sites for hydroxylation is 1. The van der Waals surface area contributed by atoms with Crippen LogP contribution in [0.1, 0.15) is 35.4 Å². The summed E-state index contributed by atoms with van der Waals surface area (Å²) in [7, 11) is 0. The van der Waals surface area contributed by atoms with E-state index in [1.807, 2.05) is 29.6 Å². The lowest BCUT2D eigenvalue weighted by atomic mass is 10.0. The summed E-state index contributed by atoms with van der Waals surface area (Å²) in [5.41, 5.74) is 2.94. The van der Waals surface area contributed by atoms with Crippen molar-refractivity contribution in [2.75, 3.05) is 18.1 Å². The summed E-state index contributed by atoms with van der Waals surface area (Å²) in [6.07, 6.45) is 2.13. The SMILES string of the molecule is CCCc1ccc(C(NC(=O)CN2C(=O)COc3ccccc32)c2cccs2)cc1. The summed E-state index contributed by atoms with van der Waals surface area (Å²) < 4.78 is 5.47. The van der Waals surface area contributed by atoms with E-state index < -0.39 is 0 Å². The van der Waals surface area contributed by atoms with Crippen molar-refractivity contribution < 1.29 is 14.3 Å². The Labute approximate surface area is 180 Å². The Morgan fingerprint density at radius 1 is 1.13 bits per heavy atom. The number of fused-ring (bicyclic) bond motifs is 1. The summed E-state index contributed by atoms with van der Waals surface area (Å²) in [5, 5.41) is 5.12. The second kappa shape index (κ2) is 9.13. The highest BCUT2D eigenvalue weighted by atomic mass is 32.1. The molecule has 1 aliphatic heterocycles. The van der Waals surface area contributed by atoms with Gasteiger partial charge < -0.3 is 10.1 Å². The van der Waals surface area contributed by atoms with Gasteiger partial charge in [-0.1, -0.05) is 55.8 Å². The van der Waals surface area contributed by atoms with Crippen molar-refractivity contribution in [1.82, 2.24) is 5.32 Å². The summed E-state index contributed by atoms with van der Waals surface area (Å²) in [6, 6.07) is 19.4. The van der Waals surface area contributed by atoms with Crippen molar-refractivity contribution in [3.63, 3.8) is 0 Å². The summed E-state index contributed by atoms with van der Waals surface area (Å²) in [6.45, 7) is 2.06. The summed E-state index contributed by atoms with van der Waals surface area (Å²) in [5.74, 6) is 0.183. The van der Waals surface area contributed by atoms with E-state index in [-0.39, 0.29) is 31.0 Å². The molecule has 30 heavy (non-hydrogen) atoms. The van der Waals surface area contributed by atoms with E-state index >= 15 is 0 Å². The Morgan fingerprint density at radius 2 is 1.93 bits per heavy atom. The third-order valence-electron chi connectivity index (χ3n) is 5.09. The molecule has 5 nitrogen and oxygen atoms in total. The molecule has 0 fully saturated rings. The van der Waals surface area contributed by atoms with Gasteiger partial charge in [-0.05, 0) is 41.1 Å². The molecule has 0 bridgehead atoms. The van der Waals surface area contributed by atoms with Crippen LogP contribution >= 0.6 is 11.3 Å². The summed E-state index contributed by atoms with van der Waals surface area (Å²) in [4.78, 5) is 27.9. The van der Waals surface area contributed by atoms with Crippen molar-refractivity contribution in [3.05, 3.63) is 82.0 Å². The molecule has 0 saturated carbocycles. The van der Waals surface area contributed by atoms with E-state index in [0.717, 1.165) is 23.3 Å². The van der Waals surface area contributed by atoms with Gasteiger partial charge in [-0.3, -0.25) is 14.5 Å². The lowest BCUT2D eigenvalue weighted by Crippen LogP contribution is -2.45. The predicted molar refractivity (Wildman–Crippen MR) is 119 cm³/mol. The number of nitrogens with zero attached hydrogens (tertiary/aromatic N) is 1. The molecule has 0 saturated heterocycles. The van der Waals surface area contributed by atoms with Gasteiger partial charge in [0.25, 0.3) is 5.91 Å². The van der Waals surface area contributed by atoms with E-state index in [9.17, 15) is 9.59 Å². The van der Waals surface area contributed by atoms with Gasteiger partial charge in [-0.25, -0.2) is 0 Å². The number of benzene rings is 2. The Balaban J connectivity index is 1.54. The average Bonchev–Trinajstić information content (AvgIpc) is 3.30. The third-order valence-corrected chi connectivity index (χ3v) is 6.03. The van der Waals surface area contributed by atoms with Crippen molar-refractivity contribution in [3.8, 4) is 5.75 Å². The second-order valence-electron chi connectivity index (χ2n) is 7.24. The van der Waals surface area contributed by atoms with E-state index in [4.69, 9.17) is 4.74 Å². The van der Waals surface area contributed by atoms with Gasteiger partial charge in [0, 0.05) is 4.88 Å². The van der Waals surface area contributed by atoms with E-state index in [2.05, 4.69) is 36.5 Å². The highest BCUT2D eigenvalue weighted by molar-refractivity contribution is 7.10. The standard InChI is InChI=1S/C24H24N2O3S/c1-2-6-17-10-12-18(13-11-17)24(21-9-5-14-30-21)25-22(27)15-26-19-7-3-4-8-20(19)29-16-23(26)28/h3-5,7-14,24H,2,6,15-16H2,1H3,(H,25,27). The number of hydrogen-bond donors (Lipinski definition) is 1. The molecule has 2 amide bonds. The number of nitrogens with one attached hydrogen (secondary N) is 1. The first kappa shape index (κ1) is 20.2. The second-order valence-corrected chi connectivity index (χ2v) is 8.22. The monoisotopic (exact) mass is 420 g/mol. The zero-order valence-electron chi connectivity index (χ0n) is 16.8. The Morgan fingerprint density at radius 3 is 2.67 bits per heavy atom. The van der Waals surface area contributed by atoms with Crippen LogP contribution in [0.15, 0.2) is 66.0 Å². The van der Waals surface area contributed by atoms with E-state index in [0.29, 0.717) is 11.4 Å². The van der Waals surface area contributed by atoms with Crippen LogP contribution in [-0.4, -0.2) is 25.0 Å². The number of para-hydroxylation sites is 2. The molecule has 2 aromatic carbocycles. The minimum Gasteiger partial charge on any atom is -0.482 e. The molecule has 1 unspecified atom stereocenters. The van der Waals surface area contributed by atoms with Crippen LogP contribution in [0.25, 0.3) is 0 Å². The molecule has 1 N–H and O–H groups in total. The Kier molecular flexibility index (Phi) is 6.14. The summed E-state index contributed by atoms with van der Waals surface area (Å²) >= 11 is 1.60. The van der Waals surface area contributed by atoms with Gasteiger partial charge in [-0.2, -0.15) is 0 Å². The van der Waals surface area contributed by atoms with E-state index in [1.54, 1.807) is 23.5 Å². The molecule has 0 spiro atoms. The predicted octanol–water partition coefficient (Wildman–Crippen LogP) is 4.33. The number of carbonyl (C=O) groups excluding carboxylic acids is 2. The normalized spacial score (nSPS) is 14.0. The van der Waals surface area contributed by atoms with Crippen LogP contribution in [0.4, 0.5) is 5.69 Å². The highest BCUT2D eigenvalue weighted by Crippen LogP contribution is 2.31. The highest BCUT2D eigenvalue weighted by Gasteiger charge is 2.28. The number of ether oxygens (including phenoxy) is 1. The molecule has 1 atom stereocenters. The minimum atomic E-state index is -0.250. The number of anilines is 1. The molecular formula is C24H24N2O3S. The number of carbonyl (C=O) groups is 2. The molecule has 2 heterocycles. The van der Waals surface area contributed by atoms with Crippen LogP contribution < -0.4 is 15.0 Å². The van der Waals surface area contributed by atoms with Gasteiger partial charge in [0.2, 0.25) is 5.91 Å². The van der Waals surface area contributed by atoms with Crippen molar-refractivity contribution >= 4 is 28.8 Å². The van der Waals surface area contributed by atoms with Crippen LogP contribution in [0, 0.1) is 0 Å². The number of hydrogen-bond acceptors (Lipinski definition) is 4. The number of thiophene rings is 1. The van der Waals surface area contributed by atoms with Crippen molar-refractivity contribution in [2.24, 2.45) is 0 Å². The molecular weight excluding hydrogens is 396 g/mol. The fourth-order valence-electron chi connectivity index (χ4n) is 3.62. The lowest BCUT2D eigenvalue weighted by Gasteiger charge is -2.29. The Bertz CT molecular complexity index is 1020. The first-order valence-electron chi connectivity index (χ1n) is 10.1. The number of amides is 2. The quantitative estimate of drug-likeness (QED) is 0.619. The molecule has 154 valence electrons. The fraction of sp³-hybridized carbons (Fsp3) is 0.250. The Hall–Kier alpha value is -3.12. The zero-order chi connectivity index (χ0) is 20.9. The maximum Gasteiger partial charge on any atom is 0.265 e. The van der Waals surface area contributed by atoms with Gasteiger partial charge in [0.1, 0.15) is 12.3 Å². The van der Waals surface area contributed by atoms with Crippen LogP contribution in [0.5, 0.6) is 5.75 Å². The van der Waals surface area contributed by atoms with Gasteiger partial charge in [0.15, 0.2) is 6.61 Å². The molecule has 1 aliphatic rings. The topological polar surface area (TPSA) is 58.6 Å². The van der Waals surface area contributed by atoms with Crippen LogP contribution in [-0.2, 0) is 16.0 Å². The molecule has 1 aromatic heterocycles. The largest absolute Gasteiger partial charge is 0.482 e. The first-order chi connectivity index (χ1) is 14.7. The molecule has 4 rings (SSSR count). The zero-order valence-corrected chi connectivity index (χ0v) is 17.7. The minimum absolute atomic E-state index is 0.0466. The van der Waals surface area contributed by atoms with Crippen molar-refractivity contribution in [1.29, 1.82) is 0 Å². The number of rotatable bonds is 7. The first-order valence-corrected chi connectivity index (χ1v) is 11.0.